The van der Waals surface area contributed by atoms with Crippen LogP contribution in [0.15, 0.2) is 54.6 Å². The molecule has 2 aromatic carbocycles. The summed E-state index contributed by atoms with van der Waals surface area (Å²) in [5, 5.41) is 2.62. The minimum atomic E-state index is -4.48. The summed E-state index contributed by atoms with van der Waals surface area (Å²) in [7, 11) is 0. The molecule has 154 valence electrons. The lowest BCUT2D eigenvalue weighted by atomic mass is 10.0. The van der Waals surface area contributed by atoms with Gasteiger partial charge in [0.05, 0.1) is 5.56 Å². The predicted molar refractivity (Wildman–Crippen MR) is 103 cm³/mol. The second kappa shape index (κ2) is 8.65. The molecule has 8 heteroatoms. The van der Waals surface area contributed by atoms with E-state index in [9.17, 15) is 22.8 Å². The number of hydrogen-bond acceptors (Lipinski definition) is 3. The highest BCUT2D eigenvalue weighted by atomic mass is 19.4. The van der Waals surface area contributed by atoms with Gasteiger partial charge in [0, 0.05) is 38.8 Å². The topological polar surface area (TPSA) is 52.7 Å². The fraction of sp³-hybridized carbons (Fsp3) is 0.333. The van der Waals surface area contributed by atoms with Crippen LogP contribution in [0.25, 0.3) is 0 Å². The molecule has 0 spiro atoms. The molecule has 0 aromatic heterocycles. The van der Waals surface area contributed by atoms with Gasteiger partial charge in [0.25, 0.3) is 0 Å². The zero-order chi connectivity index (χ0) is 21.0. The average Bonchev–Trinajstić information content (AvgIpc) is 2.69. The molecule has 1 aliphatic heterocycles. The average molecular weight is 405 g/mol. The van der Waals surface area contributed by atoms with E-state index in [0.29, 0.717) is 26.2 Å². The van der Waals surface area contributed by atoms with Gasteiger partial charge < -0.3 is 10.2 Å². The van der Waals surface area contributed by atoms with E-state index < -0.39 is 23.7 Å². The first kappa shape index (κ1) is 20.9. The minimum absolute atomic E-state index is 0.0191. The summed E-state index contributed by atoms with van der Waals surface area (Å²) in [5.41, 5.74) is 0.0167. The quantitative estimate of drug-likeness (QED) is 0.847. The third-order valence-electron chi connectivity index (χ3n) is 4.95. The van der Waals surface area contributed by atoms with E-state index in [1.165, 1.54) is 19.1 Å². The van der Waals surface area contributed by atoms with Gasteiger partial charge in [0.1, 0.15) is 6.04 Å². The van der Waals surface area contributed by atoms with Crippen molar-refractivity contribution in [1.82, 2.24) is 9.80 Å². The first-order chi connectivity index (χ1) is 13.8. The SMILES string of the molecule is CC(=O)N1CCN([C@H](C(=O)Nc2cccc(C(F)(F)F)c2)c2ccccc2)CC1. The number of piperazine rings is 1. The number of carbonyl (C=O) groups excluding carboxylic acids is 2. The van der Waals surface area contributed by atoms with Gasteiger partial charge in [-0.1, -0.05) is 36.4 Å². The smallest absolute Gasteiger partial charge is 0.340 e. The van der Waals surface area contributed by atoms with E-state index in [1.807, 2.05) is 35.2 Å². The fourth-order valence-electron chi connectivity index (χ4n) is 3.44. The van der Waals surface area contributed by atoms with Crippen molar-refractivity contribution in [3.8, 4) is 0 Å². The van der Waals surface area contributed by atoms with Crippen molar-refractivity contribution in [1.29, 1.82) is 0 Å². The second-order valence-electron chi connectivity index (χ2n) is 6.92. The van der Waals surface area contributed by atoms with E-state index in [2.05, 4.69) is 5.32 Å². The van der Waals surface area contributed by atoms with Gasteiger partial charge in [-0.05, 0) is 23.8 Å². The van der Waals surface area contributed by atoms with Crippen LogP contribution in [0, 0.1) is 0 Å². The van der Waals surface area contributed by atoms with E-state index in [4.69, 9.17) is 0 Å². The highest BCUT2D eigenvalue weighted by Gasteiger charge is 2.33. The van der Waals surface area contributed by atoms with Crippen LogP contribution in [0.3, 0.4) is 0 Å². The molecule has 1 fully saturated rings. The molecule has 0 unspecified atom stereocenters. The van der Waals surface area contributed by atoms with Crippen LogP contribution >= 0.6 is 0 Å². The van der Waals surface area contributed by atoms with Crippen LogP contribution in [0.1, 0.15) is 24.1 Å². The Morgan fingerprint density at radius 2 is 1.62 bits per heavy atom. The Morgan fingerprint density at radius 1 is 0.966 bits per heavy atom. The Hall–Kier alpha value is -2.87. The molecule has 0 radical (unpaired) electrons. The van der Waals surface area contributed by atoms with Gasteiger partial charge in [0.15, 0.2) is 0 Å². The number of nitrogens with zero attached hydrogens (tertiary/aromatic N) is 2. The number of alkyl halides is 3. The summed E-state index contributed by atoms with van der Waals surface area (Å²) >= 11 is 0. The molecule has 2 aromatic rings. The van der Waals surface area contributed by atoms with E-state index in [-0.39, 0.29) is 11.6 Å². The lowest BCUT2D eigenvalue weighted by Crippen LogP contribution is -2.51. The van der Waals surface area contributed by atoms with Crippen molar-refractivity contribution >= 4 is 17.5 Å². The molecule has 29 heavy (non-hydrogen) atoms. The van der Waals surface area contributed by atoms with E-state index in [1.54, 1.807) is 4.90 Å². The molecule has 0 bridgehead atoms. The normalized spacial score (nSPS) is 16.3. The summed E-state index contributed by atoms with van der Waals surface area (Å²) in [6.45, 7) is 3.49. The summed E-state index contributed by atoms with van der Waals surface area (Å²) in [5.74, 6) is -0.430. The maximum absolute atomic E-state index is 13.1. The standard InChI is InChI=1S/C21H22F3N3O2/c1-15(28)26-10-12-27(13-11-26)19(16-6-3-2-4-7-16)20(29)25-18-9-5-8-17(14-18)21(22,23)24/h2-9,14,19H,10-13H2,1H3,(H,25,29)/t19-/m0/s1. The molecule has 2 amide bonds. The number of carbonyl (C=O) groups is 2. The number of amides is 2. The molecule has 0 saturated carbocycles. The van der Waals surface area contributed by atoms with Crippen molar-refractivity contribution in [3.05, 3.63) is 65.7 Å². The minimum Gasteiger partial charge on any atom is -0.340 e. The Morgan fingerprint density at radius 3 is 2.21 bits per heavy atom. The molecule has 1 N–H and O–H groups in total. The number of halogens is 3. The molecular formula is C21H22F3N3O2. The first-order valence-corrected chi connectivity index (χ1v) is 9.28. The molecule has 1 heterocycles. The number of hydrogen-bond donors (Lipinski definition) is 1. The lowest BCUT2D eigenvalue weighted by Gasteiger charge is -2.38. The number of anilines is 1. The Bertz CT molecular complexity index is 863. The zero-order valence-corrected chi connectivity index (χ0v) is 15.9. The van der Waals surface area contributed by atoms with Gasteiger partial charge in [0.2, 0.25) is 11.8 Å². The summed E-state index contributed by atoms with van der Waals surface area (Å²) in [4.78, 5) is 28.3. The molecule has 1 atom stereocenters. The van der Waals surface area contributed by atoms with Crippen LogP contribution in [-0.4, -0.2) is 47.8 Å². The molecule has 3 rings (SSSR count). The van der Waals surface area contributed by atoms with Crippen LogP contribution in [0.4, 0.5) is 18.9 Å². The summed E-state index contributed by atoms with van der Waals surface area (Å²) in [6, 6.07) is 13.0. The number of benzene rings is 2. The summed E-state index contributed by atoms with van der Waals surface area (Å²) in [6.07, 6.45) is -4.48. The largest absolute Gasteiger partial charge is 0.416 e. The molecular weight excluding hydrogens is 383 g/mol. The third-order valence-corrected chi connectivity index (χ3v) is 4.95. The zero-order valence-electron chi connectivity index (χ0n) is 15.9. The van der Waals surface area contributed by atoms with Gasteiger partial charge in [-0.3, -0.25) is 14.5 Å². The summed E-state index contributed by atoms with van der Waals surface area (Å²) < 4.78 is 38.9. The lowest BCUT2D eigenvalue weighted by molar-refractivity contribution is -0.137. The maximum atomic E-state index is 13.1. The van der Waals surface area contributed by atoms with Gasteiger partial charge >= 0.3 is 6.18 Å². The Labute approximate surface area is 167 Å². The van der Waals surface area contributed by atoms with Crippen LogP contribution < -0.4 is 5.32 Å². The van der Waals surface area contributed by atoms with Crippen molar-refractivity contribution in [3.63, 3.8) is 0 Å². The van der Waals surface area contributed by atoms with E-state index >= 15 is 0 Å². The van der Waals surface area contributed by atoms with Crippen molar-refractivity contribution < 1.29 is 22.8 Å². The highest BCUT2D eigenvalue weighted by molar-refractivity contribution is 5.95. The fourth-order valence-corrected chi connectivity index (χ4v) is 3.44. The third kappa shape index (κ3) is 5.14. The number of nitrogens with one attached hydrogen (secondary N) is 1. The second-order valence-corrected chi connectivity index (χ2v) is 6.92. The highest BCUT2D eigenvalue weighted by Crippen LogP contribution is 2.31. The maximum Gasteiger partial charge on any atom is 0.416 e. The predicted octanol–water partition coefficient (Wildman–Crippen LogP) is 3.55. The van der Waals surface area contributed by atoms with Crippen molar-refractivity contribution in [2.24, 2.45) is 0 Å². The van der Waals surface area contributed by atoms with Crippen LogP contribution in [-0.2, 0) is 15.8 Å². The van der Waals surface area contributed by atoms with Gasteiger partial charge in [-0.15, -0.1) is 0 Å². The van der Waals surface area contributed by atoms with Crippen molar-refractivity contribution in [2.75, 3.05) is 31.5 Å². The van der Waals surface area contributed by atoms with Crippen LogP contribution in [0.2, 0.25) is 0 Å². The van der Waals surface area contributed by atoms with E-state index in [0.717, 1.165) is 17.7 Å². The monoisotopic (exact) mass is 405 g/mol. The molecule has 1 aliphatic rings. The van der Waals surface area contributed by atoms with Crippen LogP contribution in [0.5, 0.6) is 0 Å². The molecule has 5 nitrogen and oxygen atoms in total. The first-order valence-electron chi connectivity index (χ1n) is 9.28. The molecule has 0 aliphatic carbocycles. The van der Waals surface area contributed by atoms with Gasteiger partial charge in [-0.25, -0.2) is 0 Å². The Balaban J connectivity index is 1.82. The number of rotatable bonds is 4. The van der Waals surface area contributed by atoms with Gasteiger partial charge in [-0.2, -0.15) is 13.2 Å². The Kier molecular flexibility index (Phi) is 6.22. The van der Waals surface area contributed by atoms with Crippen molar-refractivity contribution in [2.45, 2.75) is 19.1 Å². The molecule has 1 saturated heterocycles.